The smallest absolute Gasteiger partial charge is 0.224 e. The first-order chi connectivity index (χ1) is 9.62. The molecule has 0 spiro atoms. The molecule has 0 aliphatic heterocycles. The molecule has 0 saturated heterocycles. The molecule has 0 saturated carbocycles. The Bertz CT molecular complexity index is 605. The van der Waals surface area contributed by atoms with Crippen LogP contribution in [0.3, 0.4) is 0 Å². The molecule has 0 aliphatic carbocycles. The van der Waals surface area contributed by atoms with E-state index in [1.54, 1.807) is 20.2 Å². The SMILES string of the molecule is CNc1cc(Oc2cc(Br)ccc2C)nc(COC)n1. The number of aryl methyl sites for hydroxylation is 1. The second kappa shape index (κ2) is 6.67. The van der Waals surface area contributed by atoms with Crippen molar-refractivity contribution < 1.29 is 9.47 Å². The summed E-state index contributed by atoms with van der Waals surface area (Å²) in [5.74, 6) is 2.50. The van der Waals surface area contributed by atoms with Gasteiger partial charge in [-0.1, -0.05) is 22.0 Å². The van der Waals surface area contributed by atoms with Crippen molar-refractivity contribution >= 4 is 21.7 Å². The van der Waals surface area contributed by atoms with Gasteiger partial charge in [0.25, 0.3) is 0 Å². The van der Waals surface area contributed by atoms with Crippen LogP contribution in [0.1, 0.15) is 11.4 Å². The van der Waals surface area contributed by atoms with Crippen molar-refractivity contribution in [3.05, 3.63) is 40.1 Å². The second-order valence-electron chi connectivity index (χ2n) is 4.20. The number of aromatic nitrogens is 2. The van der Waals surface area contributed by atoms with E-state index in [0.717, 1.165) is 15.8 Å². The van der Waals surface area contributed by atoms with Gasteiger partial charge in [0, 0.05) is 24.7 Å². The van der Waals surface area contributed by atoms with E-state index < -0.39 is 0 Å². The Balaban J connectivity index is 2.32. The Morgan fingerprint density at radius 3 is 2.75 bits per heavy atom. The molecule has 20 heavy (non-hydrogen) atoms. The van der Waals surface area contributed by atoms with E-state index in [1.807, 2.05) is 25.1 Å². The van der Waals surface area contributed by atoms with E-state index in [9.17, 15) is 0 Å². The lowest BCUT2D eigenvalue weighted by molar-refractivity contribution is 0.177. The van der Waals surface area contributed by atoms with Gasteiger partial charge in [-0.15, -0.1) is 0 Å². The van der Waals surface area contributed by atoms with Gasteiger partial charge < -0.3 is 14.8 Å². The van der Waals surface area contributed by atoms with Crippen LogP contribution in [0.2, 0.25) is 0 Å². The molecule has 0 aliphatic rings. The summed E-state index contributed by atoms with van der Waals surface area (Å²) in [4.78, 5) is 8.61. The molecule has 0 unspecified atom stereocenters. The summed E-state index contributed by atoms with van der Waals surface area (Å²) in [6, 6.07) is 7.61. The monoisotopic (exact) mass is 337 g/mol. The van der Waals surface area contributed by atoms with Crippen molar-refractivity contribution in [3.63, 3.8) is 0 Å². The zero-order chi connectivity index (χ0) is 14.5. The summed E-state index contributed by atoms with van der Waals surface area (Å²) < 4.78 is 11.9. The number of anilines is 1. The molecule has 6 heteroatoms. The van der Waals surface area contributed by atoms with Gasteiger partial charge in [0.1, 0.15) is 18.2 Å². The van der Waals surface area contributed by atoms with E-state index >= 15 is 0 Å². The van der Waals surface area contributed by atoms with Crippen LogP contribution >= 0.6 is 15.9 Å². The minimum atomic E-state index is 0.337. The van der Waals surface area contributed by atoms with Crippen molar-refractivity contribution in [2.24, 2.45) is 0 Å². The van der Waals surface area contributed by atoms with Gasteiger partial charge in [-0.25, -0.2) is 4.98 Å². The minimum absolute atomic E-state index is 0.337. The number of hydrogen-bond donors (Lipinski definition) is 1. The van der Waals surface area contributed by atoms with Crippen molar-refractivity contribution in [3.8, 4) is 11.6 Å². The topological polar surface area (TPSA) is 56.3 Å². The maximum absolute atomic E-state index is 5.84. The van der Waals surface area contributed by atoms with Gasteiger partial charge in [0.2, 0.25) is 5.88 Å². The quantitative estimate of drug-likeness (QED) is 0.904. The van der Waals surface area contributed by atoms with Crippen LogP contribution in [0, 0.1) is 6.92 Å². The molecule has 106 valence electrons. The predicted octanol–water partition coefficient (Wildman–Crippen LogP) is 3.53. The van der Waals surface area contributed by atoms with Gasteiger partial charge in [-0.2, -0.15) is 4.98 Å². The zero-order valence-electron chi connectivity index (χ0n) is 11.6. The fraction of sp³-hybridized carbons (Fsp3) is 0.286. The lowest BCUT2D eigenvalue weighted by Gasteiger charge is -2.10. The van der Waals surface area contributed by atoms with Gasteiger partial charge in [-0.3, -0.25) is 0 Å². The first-order valence-electron chi connectivity index (χ1n) is 6.11. The number of methoxy groups -OCH3 is 1. The predicted molar refractivity (Wildman–Crippen MR) is 81.2 cm³/mol. The van der Waals surface area contributed by atoms with Crippen LogP contribution in [0.5, 0.6) is 11.6 Å². The largest absolute Gasteiger partial charge is 0.439 e. The van der Waals surface area contributed by atoms with E-state index in [-0.39, 0.29) is 0 Å². The number of benzene rings is 1. The summed E-state index contributed by atoms with van der Waals surface area (Å²) in [5.41, 5.74) is 1.03. The van der Waals surface area contributed by atoms with Crippen LogP contribution in [0.25, 0.3) is 0 Å². The Labute approximate surface area is 126 Å². The van der Waals surface area contributed by atoms with Crippen LogP contribution < -0.4 is 10.1 Å². The van der Waals surface area contributed by atoms with Gasteiger partial charge in [0.05, 0.1) is 0 Å². The van der Waals surface area contributed by atoms with Gasteiger partial charge in [0.15, 0.2) is 5.82 Å². The molecule has 1 aromatic heterocycles. The number of nitrogens with zero attached hydrogens (tertiary/aromatic N) is 2. The average molecular weight is 338 g/mol. The van der Waals surface area contributed by atoms with Crippen LogP contribution in [-0.4, -0.2) is 24.1 Å². The van der Waals surface area contributed by atoms with Crippen molar-refractivity contribution in [2.75, 3.05) is 19.5 Å². The molecule has 5 nitrogen and oxygen atoms in total. The maximum Gasteiger partial charge on any atom is 0.224 e. The van der Waals surface area contributed by atoms with Crippen LogP contribution in [0.4, 0.5) is 5.82 Å². The lowest BCUT2D eigenvalue weighted by Crippen LogP contribution is -2.03. The lowest BCUT2D eigenvalue weighted by atomic mass is 10.2. The number of hydrogen-bond acceptors (Lipinski definition) is 5. The molecule has 0 bridgehead atoms. The molecule has 2 rings (SSSR count). The molecule has 1 heterocycles. The Kier molecular flexibility index (Phi) is 4.92. The van der Waals surface area contributed by atoms with E-state index in [0.29, 0.717) is 24.1 Å². The maximum atomic E-state index is 5.84. The highest BCUT2D eigenvalue weighted by molar-refractivity contribution is 9.10. The summed E-state index contributed by atoms with van der Waals surface area (Å²) in [7, 11) is 3.40. The molecule has 1 N–H and O–H groups in total. The Morgan fingerprint density at radius 1 is 1.25 bits per heavy atom. The number of rotatable bonds is 5. The van der Waals surface area contributed by atoms with E-state index in [4.69, 9.17) is 9.47 Å². The van der Waals surface area contributed by atoms with Crippen LogP contribution in [-0.2, 0) is 11.3 Å². The molecule has 0 radical (unpaired) electrons. The van der Waals surface area contributed by atoms with Crippen molar-refractivity contribution in [2.45, 2.75) is 13.5 Å². The summed E-state index contributed by atoms with van der Waals surface area (Å²) in [6.45, 7) is 2.32. The van der Waals surface area contributed by atoms with Crippen molar-refractivity contribution in [1.29, 1.82) is 0 Å². The number of nitrogens with one attached hydrogen (secondary N) is 1. The third-order valence-corrected chi connectivity index (χ3v) is 3.14. The third-order valence-electron chi connectivity index (χ3n) is 2.64. The summed E-state index contributed by atoms with van der Waals surface area (Å²) in [6.07, 6.45) is 0. The molecular formula is C14H16BrN3O2. The highest BCUT2D eigenvalue weighted by atomic mass is 79.9. The Morgan fingerprint density at radius 2 is 2.05 bits per heavy atom. The molecule has 2 aromatic rings. The molecule has 0 atom stereocenters. The molecular weight excluding hydrogens is 322 g/mol. The molecule has 0 fully saturated rings. The normalized spacial score (nSPS) is 10.4. The zero-order valence-corrected chi connectivity index (χ0v) is 13.2. The number of ether oxygens (including phenoxy) is 2. The van der Waals surface area contributed by atoms with E-state index in [1.165, 1.54) is 0 Å². The fourth-order valence-corrected chi connectivity index (χ4v) is 1.98. The Hall–Kier alpha value is -1.66. The summed E-state index contributed by atoms with van der Waals surface area (Å²) >= 11 is 3.43. The highest BCUT2D eigenvalue weighted by Gasteiger charge is 2.08. The van der Waals surface area contributed by atoms with Crippen LogP contribution in [0.15, 0.2) is 28.7 Å². The van der Waals surface area contributed by atoms with Crippen molar-refractivity contribution in [1.82, 2.24) is 9.97 Å². The first kappa shape index (κ1) is 14.7. The fourth-order valence-electron chi connectivity index (χ4n) is 1.64. The standard InChI is InChI=1S/C14H16BrN3O2/c1-9-4-5-10(15)6-11(9)20-14-7-12(16-2)17-13(18-14)8-19-3/h4-7H,8H2,1-3H3,(H,16,17,18). The van der Waals surface area contributed by atoms with Gasteiger partial charge >= 0.3 is 0 Å². The van der Waals surface area contributed by atoms with Gasteiger partial charge in [-0.05, 0) is 24.6 Å². The first-order valence-corrected chi connectivity index (χ1v) is 6.90. The minimum Gasteiger partial charge on any atom is -0.439 e. The average Bonchev–Trinajstić information content (AvgIpc) is 2.43. The number of halogens is 1. The summed E-state index contributed by atoms with van der Waals surface area (Å²) in [5, 5.41) is 2.98. The third kappa shape index (κ3) is 3.68. The molecule has 1 aromatic carbocycles. The second-order valence-corrected chi connectivity index (χ2v) is 5.12. The highest BCUT2D eigenvalue weighted by Crippen LogP contribution is 2.28. The molecule has 0 amide bonds. The van der Waals surface area contributed by atoms with E-state index in [2.05, 4.69) is 31.2 Å².